The molecular formula is C29H29NO7. The van der Waals surface area contributed by atoms with E-state index in [4.69, 9.17) is 10.5 Å². The largest absolute Gasteiger partial charge is 0.511 e. The number of rotatable bonds is 5. The van der Waals surface area contributed by atoms with Crippen LogP contribution >= 0.6 is 0 Å². The number of aliphatic hydroxyl groups is 3. The molecule has 0 aromatic heterocycles. The fraction of sp³-hybridized carbons (Fsp3) is 0.310. The van der Waals surface area contributed by atoms with Crippen LogP contribution in [0.15, 0.2) is 71.3 Å². The van der Waals surface area contributed by atoms with Crippen LogP contribution < -0.4 is 10.5 Å². The molecule has 6 N–H and O–H groups in total. The van der Waals surface area contributed by atoms with Gasteiger partial charge in [0.25, 0.3) is 0 Å². The molecule has 1 unspecified atom stereocenters. The maximum atomic E-state index is 13.7. The standard InChI is InChI=1S/C29H29NO7/c1-14(30)23-22(32)13-18-11-17-12-20-16(7-6-15-4-3-5-19(10-15)37-2)8-9-21(31)25(20)26(33)24(17)28(35)29(18,36)27(23)34/h3-5,8-10,17-18,31-32,35-36H,1,6-7,11-13,30H2,2H3/t17-,18+,29?/m1/s1. The number of methoxy groups -OCH3 is 1. The summed E-state index contributed by atoms with van der Waals surface area (Å²) in [4.78, 5) is 26.9. The van der Waals surface area contributed by atoms with Crippen LogP contribution in [0, 0.1) is 11.8 Å². The summed E-state index contributed by atoms with van der Waals surface area (Å²) in [5.41, 5.74) is 5.35. The maximum Gasteiger partial charge on any atom is 0.207 e. The Labute approximate surface area is 214 Å². The normalized spacial score (nSPS) is 24.9. The molecule has 3 aliphatic carbocycles. The molecule has 192 valence electrons. The van der Waals surface area contributed by atoms with E-state index < -0.39 is 34.8 Å². The summed E-state index contributed by atoms with van der Waals surface area (Å²) >= 11 is 0. The third kappa shape index (κ3) is 3.71. The highest BCUT2D eigenvalue weighted by molar-refractivity contribution is 6.16. The first kappa shape index (κ1) is 24.6. The lowest BCUT2D eigenvalue weighted by Gasteiger charge is -2.46. The molecule has 0 spiro atoms. The van der Waals surface area contributed by atoms with E-state index in [1.165, 1.54) is 6.07 Å². The Balaban J connectivity index is 1.54. The topological polar surface area (TPSA) is 150 Å². The van der Waals surface area contributed by atoms with Crippen molar-refractivity contribution in [1.29, 1.82) is 0 Å². The average Bonchev–Trinajstić information content (AvgIpc) is 2.85. The summed E-state index contributed by atoms with van der Waals surface area (Å²) in [6.07, 6.45) is 1.72. The molecule has 0 radical (unpaired) electrons. The molecule has 2 aromatic carbocycles. The summed E-state index contributed by atoms with van der Waals surface area (Å²) in [6.45, 7) is 3.49. The molecule has 8 nitrogen and oxygen atoms in total. The van der Waals surface area contributed by atoms with Gasteiger partial charge in [-0.1, -0.05) is 24.8 Å². The van der Waals surface area contributed by atoms with Gasteiger partial charge >= 0.3 is 0 Å². The number of phenolic OH excluding ortho intramolecular Hbond substituents is 1. The predicted octanol–water partition coefficient (Wildman–Crippen LogP) is 3.36. The third-order valence-electron chi connectivity index (χ3n) is 7.93. The molecule has 0 bridgehead atoms. The van der Waals surface area contributed by atoms with Gasteiger partial charge in [0.05, 0.1) is 18.2 Å². The molecule has 0 heterocycles. The molecule has 37 heavy (non-hydrogen) atoms. The van der Waals surface area contributed by atoms with Crippen LogP contribution in [0.2, 0.25) is 0 Å². The lowest BCUT2D eigenvalue weighted by molar-refractivity contribution is -0.142. The molecule has 0 amide bonds. The molecule has 0 aliphatic heterocycles. The van der Waals surface area contributed by atoms with Gasteiger partial charge in [0, 0.05) is 23.6 Å². The summed E-state index contributed by atoms with van der Waals surface area (Å²) in [6, 6.07) is 11.0. The third-order valence-corrected chi connectivity index (χ3v) is 7.93. The van der Waals surface area contributed by atoms with Crippen LogP contribution in [0.3, 0.4) is 0 Å². The molecule has 3 atom stereocenters. The van der Waals surface area contributed by atoms with Crippen LogP contribution in [-0.4, -0.2) is 44.7 Å². The molecule has 2 aromatic rings. The second-order valence-corrected chi connectivity index (χ2v) is 10.0. The molecule has 8 heteroatoms. The summed E-state index contributed by atoms with van der Waals surface area (Å²) in [7, 11) is 1.61. The van der Waals surface area contributed by atoms with Crippen LogP contribution in [-0.2, 0) is 24.1 Å². The van der Waals surface area contributed by atoms with E-state index in [1.807, 2.05) is 24.3 Å². The van der Waals surface area contributed by atoms with Gasteiger partial charge in [-0.2, -0.15) is 0 Å². The lowest BCUT2D eigenvalue weighted by atomic mass is 9.60. The van der Waals surface area contributed by atoms with Gasteiger partial charge in [-0.05, 0) is 66.5 Å². The van der Waals surface area contributed by atoms with E-state index in [2.05, 4.69) is 6.58 Å². The quantitative estimate of drug-likeness (QED) is 0.417. The van der Waals surface area contributed by atoms with E-state index in [1.54, 1.807) is 13.2 Å². The minimum Gasteiger partial charge on any atom is -0.511 e. The van der Waals surface area contributed by atoms with Crippen molar-refractivity contribution in [2.45, 2.75) is 37.7 Å². The Bertz CT molecular complexity index is 1420. The van der Waals surface area contributed by atoms with Crippen molar-refractivity contribution in [2.24, 2.45) is 17.6 Å². The zero-order valence-corrected chi connectivity index (χ0v) is 20.5. The summed E-state index contributed by atoms with van der Waals surface area (Å²) in [5.74, 6) is -3.43. The monoisotopic (exact) mass is 503 g/mol. The van der Waals surface area contributed by atoms with Crippen LogP contribution in [0.1, 0.15) is 39.9 Å². The lowest BCUT2D eigenvalue weighted by Crippen LogP contribution is -2.56. The van der Waals surface area contributed by atoms with E-state index in [0.717, 1.165) is 16.9 Å². The predicted molar refractivity (Wildman–Crippen MR) is 135 cm³/mol. The highest BCUT2D eigenvalue weighted by Gasteiger charge is 2.59. The zero-order chi connectivity index (χ0) is 26.6. The van der Waals surface area contributed by atoms with Gasteiger partial charge in [-0.3, -0.25) is 9.59 Å². The second kappa shape index (κ2) is 8.81. The number of aliphatic hydroxyl groups excluding tert-OH is 2. The fourth-order valence-electron chi connectivity index (χ4n) is 6.10. The van der Waals surface area contributed by atoms with Crippen LogP contribution in [0.4, 0.5) is 0 Å². The molecule has 5 rings (SSSR count). The van der Waals surface area contributed by atoms with Crippen molar-refractivity contribution < 1.29 is 34.8 Å². The van der Waals surface area contributed by atoms with Crippen molar-refractivity contribution in [2.75, 3.05) is 7.11 Å². The van der Waals surface area contributed by atoms with E-state index in [-0.39, 0.29) is 46.8 Å². The number of Topliss-reactive ketones (excluding diaryl/α,β-unsaturated/α-hetero) is 2. The SMILES string of the molecule is C=C(N)C1=C(O)C[C@@H]2C[C@@H]3Cc4c(CCc5cccc(OC)c5)ccc(O)c4C(=O)C3=C(O)C2(O)C1=O. The first-order chi connectivity index (χ1) is 17.6. The number of phenols is 1. The highest BCUT2D eigenvalue weighted by Crippen LogP contribution is 2.52. The first-order valence-corrected chi connectivity index (χ1v) is 12.2. The summed E-state index contributed by atoms with van der Waals surface area (Å²) < 4.78 is 5.30. The molecule has 3 aliphatic rings. The van der Waals surface area contributed by atoms with E-state index in [9.17, 15) is 30.0 Å². The van der Waals surface area contributed by atoms with Crippen LogP contribution in [0.25, 0.3) is 0 Å². The number of aryl methyl sites for hydroxylation is 2. The Kier molecular flexibility index (Phi) is 5.87. The Hall–Kier alpha value is -4.04. The Morgan fingerprint density at radius 2 is 1.89 bits per heavy atom. The molecule has 0 saturated heterocycles. The number of allylic oxidation sites excluding steroid dienone is 3. The number of nitrogens with two attached hydrogens (primary N) is 1. The number of hydrogen-bond donors (Lipinski definition) is 5. The number of ketones is 2. The van der Waals surface area contributed by atoms with Crippen molar-refractivity contribution in [3.8, 4) is 11.5 Å². The van der Waals surface area contributed by atoms with Gasteiger partial charge in [0.1, 0.15) is 23.0 Å². The van der Waals surface area contributed by atoms with E-state index in [0.29, 0.717) is 24.8 Å². The Morgan fingerprint density at radius 3 is 2.59 bits per heavy atom. The zero-order valence-electron chi connectivity index (χ0n) is 20.5. The number of carbonyl (C=O) groups excluding carboxylic acids is 2. The minimum absolute atomic E-state index is 0.0769. The molecular weight excluding hydrogens is 474 g/mol. The number of carbonyl (C=O) groups is 2. The van der Waals surface area contributed by atoms with Gasteiger partial charge < -0.3 is 30.9 Å². The van der Waals surface area contributed by atoms with Gasteiger partial charge in [-0.15, -0.1) is 0 Å². The highest BCUT2D eigenvalue weighted by atomic mass is 16.5. The minimum atomic E-state index is -2.40. The summed E-state index contributed by atoms with van der Waals surface area (Å²) in [5, 5.41) is 43.7. The number of benzene rings is 2. The van der Waals surface area contributed by atoms with Crippen molar-refractivity contribution in [3.63, 3.8) is 0 Å². The van der Waals surface area contributed by atoms with Gasteiger partial charge in [0.2, 0.25) is 5.78 Å². The smallest absolute Gasteiger partial charge is 0.207 e. The Morgan fingerprint density at radius 1 is 1.14 bits per heavy atom. The van der Waals surface area contributed by atoms with Crippen molar-refractivity contribution in [3.05, 3.63) is 93.6 Å². The van der Waals surface area contributed by atoms with E-state index >= 15 is 0 Å². The second-order valence-electron chi connectivity index (χ2n) is 10.0. The molecule has 0 saturated carbocycles. The van der Waals surface area contributed by atoms with Crippen molar-refractivity contribution >= 4 is 11.6 Å². The fourth-order valence-corrected chi connectivity index (χ4v) is 6.10. The number of ether oxygens (including phenoxy) is 1. The number of fused-ring (bicyclic) bond motifs is 3. The first-order valence-electron chi connectivity index (χ1n) is 12.2. The maximum absolute atomic E-state index is 13.7. The van der Waals surface area contributed by atoms with Crippen LogP contribution in [0.5, 0.6) is 11.5 Å². The van der Waals surface area contributed by atoms with Gasteiger partial charge in [0.15, 0.2) is 11.4 Å². The van der Waals surface area contributed by atoms with Gasteiger partial charge in [-0.25, -0.2) is 0 Å². The average molecular weight is 504 g/mol. The molecule has 0 fully saturated rings. The van der Waals surface area contributed by atoms with Crippen molar-refractivity contribution in [1.82, 2.24) is 0 Å². The number of hydrogen-bond acceptors (Lipinski definition) is 8. The number of aromatic hydroxyl groups is 1.